The summed E-state index contributed by atoms with van der Waals surface area (Å²) in [5.74, 6) is -1.10. The highest BCUT2D eigenvalue weighted by Gasteiger charge is 2.23. The summed E-state index contributed by atoms with van der Waals surface area (Å²) >= 11 is 0. The van der Waals surface area contributed by atoms with E-state index >= 15 is 0 Å². The number of esters is 2. The standard InChI is InChI=1S/C26H25NO5/c1-31-26(30)23(16-17-24(28)20-12-6-3-7-13-20)27-22-15-9-8-14-21(22)25(29)32-18-19-10-4-2-5-11-19/h2-15,23,27H,16-18H2,1H3. The molecule has 1 atom stereocenters. The Labute approximate surface area is 187 Å². The van der Waals surface area contributed by atoms with Gasteiger partial charge in [-0.1, -0.05) is 72.8 Å². The van der Waals surface area contributed by atoms with Gasteiger partial charge in [-0.05, 0) is 24.1 Å². The summed E-state index contributed by atoms with van der Waals surface area (Å²) in [6, 6.07) is 24.3. The van der Waals surface area contributed by atoms with E-state index < -0.39 is 18.0 Å². The van der Waals surface area contributed by atoms with Gasteiger partial charge in [0.1, 0.15) is 12.6 Å². The Morgan fingerprint density at radius 2 is 1.47 bits per heavy atom. The molecule has 1 N–H and O–H groups in total. The molecule has 0 spiro atoms. The first-order valence-corrected chi connectivity index (χ1v) is 10.3. The molecule has 0 saturated heterocycles. The number of methoxy groups -OCH3 is 1. The minimum absolute atomic E-state index is 0.0724. The first kappa shape index (κ1) is 22.7. The predicted octanol–water partition coefficient (Wildman–Crippen LogP) is 4.66. The smallest absolute Gasteiger partial charge is 0.340 e. The molecule has 3 rings (SSSR count). The van der Waals surface area contributed by atoms with Gasteiger partial charge in [-0.3, -0.25) is 4.79 Å². The van der Waals surface area contributed by atoms with E-state index in [1.165, 1.54) is 7.11 Å². The minimum Gasteiger partial charge on any atom is -0.467 e. The van der Waals surface area contributed by atoms with E-state index in [1.54, 1.807) is 48.5 Å². The van der Waals surface area contributed by atoms with Crippen LogP contribution in [0.15, 0.2) is 84.9 Å². The molecule has 0 fully saturated rings. The maximum atomic E-state index is 12.7. The first-order chi connectivity index (χ1) is 15.6. The Balaban J connectivity index is 1.69. The Morgan fingerprint density at radius 1 is 0.844 bits per heavy atom. The molecule has 6 nitrogen and oxygen atoms in total. The molecule has 0 aliphatic rings. The summed E-state index contributed by atoms with van der Waals surface area (Å²) in [6.07, 6.45) is 0.366. The Hall–Kier alpha value is -3.93. The van der Waals surface area contributed by atoms with Crippen LogP contribution in [0.2, 0.25) is 0 Å². The zero-order chi connectivity index (χ0) is 22.8. The number of hydrogen-bond donors (Lipinski definition) is 1. The Kier molecular flexibility index (Phi) is 8.15. The SMILES string of the molecule is COC(=O)C(CCC(=O)c1ccccc1)Nc1ccccc1C(=O)OCc1ccccc1. The fraction of sp³-hybridized carbons (Fsp3) is 0.192. The second kappa shape index (κ2) is 11.5. The van der Waals surface area contributed by atoms with Gasteiger partial charge in [-0.25, -0.2) is 9.59 Å². The number of rotatable bonds is 10. The maximum absolute atomic E-state index is 12.7. The molecular weight excluding hydrogens is 406 g/mol. The highest BCUT2D eigenvalue weighted by Crippen LogP contribution is 2.20. The third-order valence-corrected chi connectivity index (χ3v) is 4.93. The molecule has 0 radical (unpaired) electrons. The zero-order valence-electron chi connectivity index (χ0n) is 17.8. The number of carbonyl (C=O) groups is 3. The van der Waals surface area contributed by atoms with Gasteiger partial charge in [-0.15, -0.1) is 0 Å². The summed E-state index contributed by atoms with van der Waals surface area (Å²) in [5.41, 5.74) is 2.19. The van der Waals surface area contributed by atoms with Crippen molar-refractivity contribution in [1.29, 1.82) is 0 Å². The van der Waals surface area contributed by atoms with Crippen LogP contribution < -0.4 is 5.32 Å². The molecule has 6 heteroatoms. The largest absolute Gasteiger partial charge is 0.467 e. The lowest BCUT2D eigenvalue weighted by Gasteiger charge is -2.19. The third-order valence-electron chi connectivity index (χ3n) is 4.93. The summed E-state index contributed by atoms with van der Waals surface area (Å²) in [6.45, 7) is 0.139. The molecule has 3 aromatic rings. The molecule has 0 bridgehead atoms. The quantitative estimate of drug-likeness (QED) is 0.371. The number of ketones is 1. The number of ether oxygens (including phenoxy) is 2. The topological polar surface area (TPSA) is 81.7 Å². The molecule has 0 aliphatic heterocycles. The average molecular weight is 431 g/mol. The number of carbonyl (C=O) groups excluding carboxylic acids is 3. The normalized spacial score (nSPS) is 11.3. The van der Waals surface area contributed by atoms with Gasteiger partial charge >= 0.3 is 11.9 Å². The van der Waals surface area contributed by atoms with Crippen LogP contribution in [0.4, 0.5) is 5.69 Å². The molecule has 1 unspecified atom stereocenters. The molecule has 0 heterocycles. The first-order valence-electron chi connectivity index (χ1n) is 10.3. The molecule has 0 saturated carbocycles. The number of Topliss-reactive ketones (excluding diaryl/α,β-unsaturated/α-hetero) is 1. The highest BCUT2D eigenvalue weighted by atomic mass is 16.5. The van der Waals surface area contributed by atoms with Gasteiger partial charge in [0.05, 0.1) is 12.7 Å². The van der Waals surface area contributed by atoms with Crippen molar-refractivity contribution in [3.05, 3.63) is 102 Å². The zero-order valence-corrected chi connectivity index (χ0v) is 17.8. The molecule has 3 aromatic carbocycles. The van der Waals surface area contributed by atoms with E-state index in [-0.39, 0.29) is 25.2 Å². The fourth-order valence-corrected chi connectivity index (χ4v) is 3.21. The van der Waals surface area contributed by atoms with Crippen LogP contribution in [0, 0.1) is 0 Å². The minimum atomic E-state index is -0.796. The molecular formula is C26H25NO5. The van der Waals surface area contributed by atoms with Gasteiger partial charge in [-0.2, -0.15) is 0 Å². The van der Waals surface area contributed by atoms with E-state index in [1.807, 2.05) is 36.4 Å². The van der Waals surface area contributed by atoms with Crippen molar-refractivity contribution >= 4 is 23.4 Å². The van der Waals surface area contributed by atoms with E-state index in [2.05, 4.69) is 5.32 Å². The monoisotopic (exact) mass is 431 g/mol. The summed E-state index contributed by atoms with van der Waals surface area (Å²) in [5, 5.41) is 3.06. The lowest BCUT2D eigenvalue weighted by atomic mass is 10.0. The lowest BCUT2D eigenvalue weighted by molar-refractivity contribution is -0.141. The average Bonchev–Trinajstić information content (AvgIpc) is 2.85. The van der Waals surface area contributed by atoms with Crippen LogP contribution in [0.5, 0.6) is 0 Å². The summed E-state index contributed by atoms with van der Waals surface area (Å²) < 4.78 is 10.3. The van der Waals surface area contributed by atoms with Crippen LogP contribution in [-0.4, -0.2) is 30.9 Å². The molecule has 0 aromatic heterocycles. The van der Waals surface area contributed by atoms with E-state index in [0.29, 0.717) is 16.8 Å². The number of nitrogens with one attached hydrogen (secondary N) is 1. The van der Waals surface area contributed by atoms with Crippen LogP contribution in [0.1, 0.15) is 39.1 Å². The van der Waals surface area contributed by atoms with Crippen LogP contribution in [-0.2, 0) is 20.9 Å². The van der Waals surface area contributed by atoms with Crippen molar-refractivity contribution in [3.63, 3.8) is 0 Å². The van der Waals surface area contributed by atoms with Gasteiger partial charge in [0.15, 0.2) is 5.78 Å². The van der Waals surface area contributed by atoms with Crippen LogP contribution in [0.25, 0.3) is 0 Å². The fourth-order valence-electron chi connectivity index (χ4n) is 3.21. The van der Waals surface area contributed by atoms with Crippen molar-refractivity contribution in [2.45, 2.75) is 25.5 Å². The molecule has 164 valence electrons. The predicted molar refractivity (Wildman–Crippen MR) is 121 cm³/mol. The third kappa shape index (κ3) is 6.28. The van der Waals surface area contributed by atoms with Crippen molar-refractivity contribution < 1.29 is 23.9 Å². The molecule has 0 aliphatic carbocycles. The Bertz CT molecular complexity index is 1050. The van der Waals surface area contributed by atoms with E-state index in [9.17, 15) is 14.4 Å². The van der Waals surface area contributed by atoms with E-state index in [4.69, 9.17) is 9.47 Å². The summed E-state index contributed by atoms with van der Waals surface area (Å²) in [7, 11) is 1.29. The molecule has 0 amide bonds. The van der Waals surface area contributed by atoms with Crippen LogP contribution >= 0.6 is 0 Å². The Morgan fingerprint density at radius 3 is 2.16 bits per heavy atom. The van der Waals surface area contributed by atoms with E-state index in [0.717, 1.165) is 5.56 Å². The van der Waals surface area contributed by atoms with Crippen molar-refractivity contribution in [1.82, 2.24) is 0 Å². The van der Waals surface area contributed by atoms with Gasteiger partial charge < -0.3 is 14.8 Å². The second-order valence-corrected chi connectivity index (χ2v) is 7.16. The lowest BCUT2D eigenvalue weighted by Crippen LogP contribution is -2.32. The second-order valence-electron chi connectivity index (χ2n) is 7.16. The van der Waals surface area contributed by atoms with Gasteiger partial charge in [0.25, 0.3) is 0 Å². The summed E-state index contributed by atoms with van der Waals surface area (Å²) in [4.78, 5) is 37.5. The molecule has 32 heavy (non-hydrogen) atoms. The number of hydrogen-bond acceptors (Lipinski definition) is 6. The number of benzene rings is 3. The van der Waals surface area contributed by atoms with Crippen molar-refractivity contribution in [3.8, 4) is 0 Å². The van der Waals surface area contributed by atoms with Crippen molar-refractivity contribution in [2.75, 3.05) is 12.4 Å². The maximum Gasteiger partial charge on any atom is 0.340 e. The van der Waals surface area contributed by atoms with Gasteiger partial charge in [0, 0.05) is 17.7 Å². The van der Waals surface area contributed by atoms with Crippen LogP contribution in [0.3, 0.4) is 0 Å². The number of para-hydroxylation sites is 1. The van der Waals surface area contributed by atoms with Crippen molar-refractivity contribution in [2.24, 2.45) is 0 Å². The van der Waals surface area contributed by atoms with Gasteiger partial charge in [0.2, 0.25) is 0 Å². The number of anilines is 1. The highest BCUT2D eigenvalue weighted by molar-refractivity contribution is 5.97.